The van der Waals surface area contributed by atoms with Gasteiger partial charge in [-0.3, -0.25) is 4.79 Å². The van der Waals surface area contributed by atoms with Crippen molar-refractivity contribution in [1.29, 1.82) is 0 Å². The number of hydrogen-bond donors (Lipinski definition) is 2. The van der Waals surface area contributed by atoms with E-state index in [1.54, 1.807) is 0 Å². The number of methoxy groups -OCH3 is 1. The number of nitrogens with one attached hydrogen (secondary N) is 1. The Morgan fingerprint density at radius 1 is 1.15 bits per heavy atom. The van der Waals surface area contributed by atoms with Crippen LogP contribution in [0.25, 0.3) is 6.08 Å². The molecule has 134 valence electrons. The van der Waals surface area contributed by atoms with Crippen LogP contribution in [0.2, 0.25) is 0 Å². The van der Waals surface area contributed by atoms with Gasteiger partial charge in [-0.1, -0.05) is 48.0 Å². The van der Waals surface area contributed by atoms with Crippen molar-refractivity contribution in [2.24, 2.45) is 0 Å². The standard InChI is InChI=1S/C22H23NO3/c1-26-20-21(24)23-19-12-11-16(13-15-7-5-6-8-15)14-18(19)22(20,25)17-9-3-2-4-10-17/h2-4,9-14,20,25H,5-8H2,1H3,(H,23,24). The molecule has 2 unspecified atom stereocenters. The Morgan fingerprint density at radius 3 is 2.58 bits per heavy atom. The van der Waals surface area contributed by atoms with Crippen molar-refractivity contribution < 1.29 is 14.6 Å². The Morgan fingerprint density at radius 2 is 1.88 bits per heavy atom. The Balaban J connectivity index is 1.87. The summed E-state index contributed by atoms with van der Waals surface area (Å²) in [6, 6.07) is 15.1. The molecule has 2 aromatic rings. The van der Waals surface area contributed by atoms with E-state index < -0.39 is 11.7 Å². The molecule has 2 N–H and O–H groups in total. The van der Waals surface area contributed by atoms with Gasteiger partial charge in [0.25, 0.3) is 5.91 Å². The molecule has 4 rings (SSSR count). The summed E-state index contributed by atoms with van der Waals surface area (Å²) in [7, 11) is 1.45. The van der Waals surface area contributed by atoms with Crippen LogP contribution in [0.5, 0.6) is 0 Å². The number of carbonyl (C=O) groups excluding carboxylic acids is 1. The SMILES string of the molecule is COC1C(=O)Nc2ccc(C=C3CCCC3)cc2C1(O)c1ccccc1. The highest BCUT2D eigenvalue weighted by Crippen LogP contribution is 2.43. The summed E-state index contributed by atoms with van der Waals surface area (Å²) in [5, 5.41) is 14.6. The number of anilines is 1. The highest BCUT2D eigenvalue weighted by atomic mass is 16.5. The zero-order chi connectivity index (χ0) is 18.1. The van der Waals surface area contributed by atoms with E-state index in [1.165, 1.54) is 25.5 Å². The zero-order valence-electron chi connectivity index (χ0n) is 14.9. The Labute approximate surface area is 153 Å². The topological polar surface area (TPSA) is 58.6 Å². The molecule has 1 aliphatic heterocycles. The van der Waals surface area contributed by atoms with E-state index >= 15 is 0 Å². The van der Waals surface area contributed by atoms with Crippen molar-refractivity contribution in [2.75, 3.05) is 12.4 Å². The molecular formula is C22H23NO3. The number of rotatable bonds is 3. The molecule has 0 aromatic heterocycles. The van der Waals surface area contributed by atoms with E-state index in [9.17, 15) is 9.90 Å². The van der Waals surface area contributed by atoms with Gasteiger partial charge in [-0.25, -0.2) is 0 Å². The molecular weight excluding hydrogens is 326 g/mol. The second-order valence-corrected chi connectivity index (χ2v) is 7.05. The average Bonchev–Trinajstić information content (AvgIpc) is 3.16. The van der Waals surface area contributed by atoms with Gasteiger partial charge in [0.05, 0.1) is 0 Å². The summed E-state index contributed by atoms with van der Waals surface area (Å²) in [5.74, 6) is -0.340. The Bertz CT molecular complexity index is 851. The third kappa shape index (κ3) is 2.75. The summed E-state index contributed by atoms with van der Waals surface area (Å²) in [6.45, 7) is 0. The Hall–Kier alpha value is -2.43. The van der Waals surface area contributed by atoms with E-state index in [4.69, 9.17) is 4.74 Å². The second-order valence-electron chi connectivity index (χ2n) is 7.05. The maximum atomic E-state index is 12.5. The van der Waals surface area contributed by atoms with Gasteiger partial charge >= 0.3 is 0 Å². The van der Waals surface area contributed by atoms with Gasteiger partial charge < -0.3 is 15.2 Å². The van der Waals surface area contributed by atoms with Gasteiger partial charge in [0.15, 0.2) is 11.7 Å². The first-order valence-electron chi connectivity index (χ1n) is 9.08. The van der Waals surface area contributed by atoms with Crippen LogP contribution in [0.3, 0.4) is 0 Å². The van der Waals surface area contributed by atoms with Gasteiger partial charge in [-0.05, 0) is 48.9 Å². The third-order valence-corrected chi connectivity index (χ3v) is 5.40. The van der Waals surface area contributed by atoms with E-state index in [1.807, 2.05) is 48.5 Å². The summed E-state index contributed by atoms with van der Waals surface area (Å²) in [4.78, 5) is 12.5. The smallest absolute Gasteiger partial charge is 0.257 e. The van der Waals surface area contributed by atoms with E-state index in [2.05, 4.69) is 11.4 Å². The molecule has 0 bridgehead atoms. The number of benzene rings is 2. The number of fused-ring (bicyclic) bond motifs is 1. The first-order valence-corrected chi connectivity index (χ1v) is 9.08. The maximum Gasteiger partial charge on any atom is 0.257 e. The van der Waals surface area contributed by atoms with Crippen molar-refractivity contribution in [3.05, 3.63) is 70.8 Å². The number of hydrogen-bond acceptors (Lipinski definition) is 3. The molecule has 1 fully saturated rings. The van der Waals surface area contributed by atoms with Crippen LogP contribution in [-0.4, -0.2) is 24.2 Å². The van der Waals surface area contributed by atoms with Crippen LogP contribution in [0.15, 0.2) is 54.1 Å². The highest BCUT2D eigenvalue weighted by molar-refractivity contribution is 5.99. The summed E-state index contributed by atoms with van der Waals surface area (Å²) < 4.78 is 5.43. The summed E-state index contributed by atoms with van der Waals surface area (Å²) in [5.41, 5.74) is 2.90. The molecule has 1 aliphatic carbocycles. The molecule has 1 heterocycles. The van der Waals surface area contributed by atoms with Crippen LogP contribution in [0.1, 0.15) is 42.4 Å². The van der Waals surface area contributed by atoms with Crippen molar-refractivity contribution in [1.82, 2.24) is 0 Å². The molecule has 2 aromatic carbocycles. The fourth-order valence-electron chi connectivity index (χ4n) is 4.09. The lowest BCUT2D eigenvalue weighted by molar-refractivity contribution is -0.142. The minimum absolute atomic E-state index is 0.340. The number of amides is 1. The lowest BCUT2D eigenvalue weighted by Crippen LogP contribution is -2.52. The first-order chi connectivity index (χ1) is 12.6. The largest absolute Gasteiger partial charge is 0.377 e. The first kappa shape index (κ1) is 17.0. The Kier molecular flexibility index (Phi) is 4.39. The number of carbonyl (C=O) groups is 1. The predicted molar refractivity (Wildman–Crippen MR) is 102 cm³/mol. The molecule has 2 atom stereocenters. The molecule has 1 saturated carbocycles. The van der Waals surface area contributed by atoms with Crippen LogP contribution in [0.4, 0.5) is 5.69 Å². The molecule has 2 aliphatic rings. The molecule has 0 radical (unpaired) electrons. The van der Waals surface area contributed by atoms with Crippen molar-refractivity contribution in [3.63, 3.8) is 0 Å². The van der Waals surface area contributed by atoms with Crippen molar-refractivity contribution in [2.45, 2.75) is 37.4 Å². The zero-order valence-corrected chi connectivity index (χ0v) is 14.9. The van der Waals surface area contributed by atoms with Crippen LogP contribution >= 0.6 is 0 Å². The molecule has 4 nitrogen and oxygen atoms in total. The fraction of sp³-hybridized carbons (Fsp3) is 0.318. The second kappa shape index (κ2) is 6.71. The van der Waals surface area contributed by atoms with Gasteiger partial charge in [0.2, 0.25) is 0 Å². The van der Waals surface area contributed by atoms with Gasteiger partial charge in [-0.2, -0.15) is 0 Å². The van der Waals surface area contributed by atoms with Gasteiger partial charge in [-0.15, -0.1) is 0 Å². The van der Waals surface area contributed by atoms with Gasteiger partial charge in [0.1, 0.15) is 0 Å². The molecule has 0 saturated heterocycles. The lowest BCUT2D eigenvalue weighted by Gasteiger charge is -2.40. The van der Waals surface area contributed by atoms with E-state index in [-0.39, 0.29) is 5.91 Å². The van der Waals surface area contributed by atoms with Crippen LogP contribution < -0.4 is 5.32 Å². The normalized spacial score (nSPS) is 24.9. The minimum atomic E-state index is -1.53. The average molecular weight is 349 g/mol. The van der Waals surface area contributed by atoms with E-state index in [0.29, 0.717) is 16.8 Å². The molecule has 26 heavy (non-hydrogen) atoms. The fourth-order valence-corrected chi connectivity index (χ4v) is 4.09. The number of ether oxygens (including phenoxy) is 1. The molecule has 1 amide bonds. The van der Waals surface area contributed by atoms with Crippen molar-refractivity contribution in [3.8, 4) is 0 Å². The lowest BCUT2D eigenvalue weighted by atomic mass is 9.77. The van der Waals surface area contributed by atoms with Crippen LogP contribution in [0, 0.1) is 0 Å². The van der Waals surface area contributed by atoms with Crippen LogP contribution in [-0.2, 0) is 15.1 Å². The monoisotopic (exact) mass is 349 g/mol. The van der Waals surface area contributed by atoms with E-state index in [0.717, 1.165) is 18.4 Å². The number of aliphatic hydroxyl groups is 1. The predicted octanol–water partition coefficient (Wildman–Crippen LogP) is 3.85. The quantitative estimate of drug-likeness (QED) is 0.885. The molecule has 4 heteroatoms. The molecule has 0 spiro atoms. The summed E-state index contributed by atoms with van der Waals surface area (Å²) in [6.07, 6.45) is 5.96. The minimum Gasteiger partial charge on any atom is -0.377 e. The van der Waals surface area contributed by atoms with Crippen molar-refractivity contribution >= 4 is 17.7 Å². The summed E-state index contributed by atoms with van der Waals surface area (Å²) >= 11 is 0. The number of allylic oxidation sites excluding steroid dienone is 1. The van der Waals surface area contributed by atoms with Gasteiger partial charge in [0, 0.05) is 18.4 Å². The maximum absolute atomic E-state index is 12.5. The third-order valence-electron chi connectivity index (χ3n) is 5.40. The highest BCUT2D eigenvalue weighted by Gasteiger charge is 2.49.